The zero-order valence-electron chi connectivity index (χ0n) is 19.0. The standard InChI is InChI=1S/C25H27N3O4/c1-14-6-8-18(9-7-14)27-25-26-15(2)23-19(28-25)10-16(11-20(23)29)17-12-21(30-3)24(32-5)22(13-17)31-4/h6-9,12-13,16H,10-11H2,1-5H3,(H,26,27,28)/t16-/m1/s1. The molecule has 0 aliphatic heterocycles. The highest BCUT2D eigenvalue weighted by Gasteiger charge is 2.31. The van der Waals surface area contributed by atoms with Crippen LogP contribution in [0.3, 0.4) is 0 Å². The van der Waals surface area contributed by atoms with E-state index in [0.29, 0.717) is 47.3 Å². The molecule has 1 aliphatic rings. The first-order valence-electron chi connectivity index (χ1n) is 10.5. The second-order valence-electron chi connectivity index (χ2n) is 7.93. The van der Waals surface area contributed by atoms with Crippen LogP contribution >= 0.6 is 0 Å². The molecular weight excluding hydrogens is 406 g/mol. The van der Waals surface area contributed by atoms with Gasteiger partial charge in [-0.15, -0.1) is 0 Å². The van der Waals surface area contributed by atoms with Crippen molar-refractivity contribution < 1.29 is 19.0 Å². The fourth-order valence-electron chi connectivity index (χ4n) is 4.17. The molecule has 0 spiro atoms. The molecule has 4 rings (SSSR count). The van der Waals surface area contributed by atoms with Gasteiger partial charge in [-0.2, -0.15) is 0 Å². The Morgan fingerprint density at radius 3 is 2.16 bits per heavy atom. The minimum Gasteiger partial charge on any atom is -0.493 e. The van der Waals surface area contributed by atoms with E-state index < -0.39 is 0 Å². The Balaban J connectivity index is 1.69. The smallest absolute Gasteiger partial charge is 0.227 e. The van der Waals surface area contributed by atoms with Gasteiger partial charge in [-0.3, -0.25) is 4.79 Å². The molecule has 0 radical (unpaired) electrons. The van der Waals surface area contributed by atoms with E-state index in [0.717, 1.165) is 16.9 Å². The van der Waals surface area contributed by atoms with Crippen LogP contribution < -0.4 is 19.5 Å². The fourth-order valence-corrected chi connectivity index (χ4v) is 4.17. The summed E-state index contributed by atoms with van der Waals surface area (Å²) in [5.74, 6) is 2.16. The molecule has 1 aliphatic carbocycles. The molecule has 1 N–H and O–H groups in total. The molecule has 0 saturated heterocycles. The zero-order valence-corrected chi connectivity index (χ0v) is 19.0. The molecule has 1 heterocycles. The number of ether oxygens (including phenoxy) is 3. The highest BCUT2D eigenvalue weighted by molar-refractivity contribution is 5.99. The number of anilines is 2. The number of hydrogen-bond acceptors (Lipinski definition) is 7. The van der Waals surface area contributed by atoms with Crippen molar-refractivity contribution in [2.45, 2.75) is 32.6 Å². The lowest BCUT2D eigenvalue weighted by atomic mass is 9.81. The first-order valence-corrected chi connectivity index (χ1v) is 10.5. The van der Waals surface area contributed by atoms with Crippen molar-refractivity contribution in [1.29, 1.82) is 0 Å². The minimum atomic E-state index is -0.0507. The van der Waals surface area contributed by atoms with Crippen LogP contribution in [0.1, 0.15) is 45.2 Å². The predicted octanol–water partition coefficient (Wildman–Crippen LogP) is 4.78. The van der Waals surface area contributed by atoms with E-state index in [1.54, 1.807) is 21.3 Å². The first-order chi connectivity index (χ1) is 15.4. The van der Waals surface area contributed by atoms with Crippen LogP contribution in [0, 0.1) is 13.8 Å². The van der Waals surface area contributed by atoms with Crippen molar-refractivity contribution >= 4 is 17.4 Å². The van der Waals surface area contributed by atoms with E-state index in [1.165, 1.54) is 5.56 Å². The zero-order chi connectivity index (χ0) is 22.8. The number of fused-ring (bicyclic) bond motifs is 1. The number of nitrogens with one attached hydrogen (secondary N) is 1. The molecule has 0 fully saturated rings. The van der Waals surface area contributed by atoms with Gasteiger partial charge in [-0.1, -0.05) is 17.7 Å². The number of ketones is 1. The van der Waals surface area contributed by atoms with Gasteiger partial charge in [0.05, 0.1) is 38.3 Å². The fraction of sp³-hybridized carbons (Fsp3) is 0.320. The average Bonchev–Trinajstić information content (AvgIpc) is 2.78. The summed E-state index contributed by atoms with van der Waals surface area (Å²) >= 11 is 0. The quantitative estimate of drug-likeness (QED) is 0.599. The topological polar surface area (TPSA) is 82.6 Å². The second kappa shape index (κ2) is 8.86. The monoisotopic (exact) mass is 433 g/mol. The van der Waals surface area contributed by atoms with E-state index in [4.69, 9.17) is 19.2 Å². The number of benzene rings is 2. The van der Waals surface area contributed by atoms with E-state index in [-0.39, 0.29) is 11.7 Å². The summed E-state index contributed by atoms with van der Waals surface area (Å²) in [6, 6.07) is 11.8. The molecule has 0 bridgehead atoms. The number of hydrogen-bond donors (Lipinski definition) is 1. The van der Waals surface area contributed by atoms with Gasteiger partial charge in [-0.05, 0) is 56.0 Å². The summed E-state index contributed by atoms with van der Waals surface area (Å²) in [6.07, 6.45) is 0.992. The van der Waals surface area contributed by atoms with Gasteiger partial charge in [0.2, 0.25) is 11.7 Å². The maximum absolute atomic E-state index is 13.0. The van der Waals surface area contributed by atoms with Crippen molar-refractivity contribution in [3.05, 3.63) is 64.5 Å². The SMILES string of the molecule is COc1cc([C@H]2CC(=O)c3c(C)nc(Nc4ccc(C)cc4)nc3C2)cc(OC)c1OC. The number of Topliss-reactive ketones (excluding diaryl/α,β-unsaturated/α-hetero) is 1. The molecule has 0 unspecified atom stereocenters. The predicted molar refractivity (Wildman–Crippen MR) is 123 cm³/mol. The van der Waals surface area contributed by atoms with Gasteiger partial charge in [0.15, 0.2) is 17.3 Å². The molecule has 1 atom stereocenters. The highest BCUT2D eigenvalue weighted by Crippen LogP contribution is 2.43. The number of carbonyl (C=O) groups excluding carboxylic acids is 1. The second-order valence-corrected chi connectivity index (χ2v) is 7.93. The Kier molecular flexibility index (Phi) is 5.99. The number of aryl methyl sites for hydroxylation is 2. The molecule has 166 valence electrons. The Bertz CT molecular complexity index is 1130. The van der Waals surface area contributed by atoms with Crippen molar-refractivity contribution in [2.24, 2.45) is 0 Å². The summed E-state index contributed by atoms with van der Waals surface area (Å²) in [7, 11) is 4.74. The summed E-state index contributed by atoms with van der Waals surface area (Å²) in [6.45, 7) is 3.90. The Hall–Kier alpha value is -3.61. The maximum Gasteiger partial charge on any atom is 0.227 e. The van der Waals surface area contributed by atoms with Gasteiger partial charge in [0.1, 0.15) is 0 Å². The van der Waals surface area contributed by atoms with E-state index in [1.807, 2.05) is 50.2 Å². The first kappa shape index (κ1) is 21.6. The number of rotatable bonds is 6. The molecule has 1 aromatic heterocycles. The Morgan fingerprint density at radius 1 is 0.906 bits per heavy atom. The van der Waals surface area contributed by atoms with Crippen LogP contribution in [0.15, 0.2) is 36.4 Å². The largest absolute Gasteiger partial charge is 0.493 e. The lowest BCUT2D eigenvalue weighted by Crippen LogP contribution is -2.23. The molecule has 0 amide bonds. The molecule has 7 nitrogen and oxygen atoms in total. The normalized spacial score (nSPS) is 15.2. The van der Waals surface area contributed by atoms with Gasteiger partial charge in [0, 0.05) is 12.1 Å². The number of nitrogens with zero attached hydrogens (tertiary/aromatic N) is 2. The lowest BCUT2D eigenvalue weighted by Gasteiger charge is -2.26. The molecule has 0 saturated carbocycles. The van der Waals surface area contributed by atoms with Crippen LogP contribution in [-0.2, 0) is 6.42 Å². The number of carbonyl (C=O) groups is 1. The molecule has 32 heavy (non-hydrogen) atoms. The van der Waals surface area contributed by atoms with Crippen molar-refractivity contribution in [2.75, 3.05) is 26.6 Å². The summed E-state index contributed by atoms with van der Waals surface area (Å²) in [4.78, 5) is 22.3. The summed E-state index contributed by atoms with van der Waals surface area (Å²) in [5.41, 5.74) is 5.10. The molecule has 7 heteroatoms. The maximum atomic E-state index is 13.0. The molecule has 3 aromatic rings. The van der Waals surface area contributed by atoms with Crippen LogP contribution in [0.25, 0.3) is 0 Å². The van der Waals surface area contributed by atoms with Crippen molar-refractivity contribution in [3.63, 3.8) is 0 Å². The van der Waals surface area contributed by atoms with Crippen LogP contribution in [-0.4, -0.2) is 37.1 Å². The highest BCUT2D eigenvalue weighted by atomic mass is 16.5. The Labute approximate surface area is 187 Å². The van der Waals surface area contributed by atoms with Crippen LogP contribution in [0.2, 0.25) is 0 Å². The van der Waals surface area contributed by atoms with E-state index in [2.05, 4.69) is 10.3 Å². The van der Waals surface area contributed by atoms with Crippen LogP contribution in [0.4, 0.5) is 11.6 Å². The third-order valence-corrected chi connectivity index (χ3v) is 5.78. The minimum absolute atomic E-state index is 0.0457. The van der Waals surface area contributed by atoms with E-state index >= 15 is 0 Å². The van der Waals surface area contributed by atoms with Crippen molar-refractivity contribution in [1.82, 2.24) is 9.97 Å². The van der Waals surface area contributed by atoms with Crippen molar-refractivity contribution in [3.8, 4) is 17.2 Å². The van der Waals surface area contributed by atoms with E-state index in [9.17, 15) is 4.79 Å². The number of methoxy groups -OCH3 is 3. The Morgan fingerprint density at radius 2 is 1.56 bits per heavy atom. The summed E-state index contributed by atoms with van der Waals surface area (Å²) < 4.78 is 16.4. The van der Waals surface area contributed by atoms with Crippen LogP contribution in [0.5, 0.6) is 17.2 Å². The third-order valence-electron chi connectivity index (χ3n) is 5.78. The summed E-state index contributed by atoms with van der Waals surface area (Å²) in [5, 5.41) is 3.25. The van der Waals surface area contributed by atoms with Gasteiger partial charge in [-0.25, -0.2) is 9.97 Å². The average molecular weight is 434 g/mol. The lowest BCUT2D eigenvalue weighted by molar-refractivity contribution is 0.0962. The molecule has 2 aromatic carbocycles. The van der Waals surface area contributed by atoms with Gasteiger partial charge < -0.3 is 19.5 Å². The third kappa shape index (κ3) is 4.10. The number of aromatic nitrogens is 2. The van der Waals surface area contributed by atoms with Gasteiger partial charge >= 0.3 is 0 Å². The molecular formula is C25H27N3O4. The van der Waals surface area contributed by atoms with Gasteiger partial charge in [0.25, 0.3) is 0 Å².